The highest BCUT2D eigenvalue weighted by molar-refractivity contribution is 5.91. The minimum atomic E-state index is -0.440. The molecule has 1 aromatic heterocycles. The van der Waals surface area contributed by atoms with Gasteiger partial charge in [-0.1, -0.05) is 26.0 Å². The van der Waals surface area contributed by atoms with Gasteiger partial charge in [0.2, 0.25) is 5.91 Å². The van der Waals surface area contributed by atoms with Crippen LogP contribution in [0.4, 0.5) is 10.2 Å². The zero-order chi connectivity index (χ0) is 14.5. The van der Waals surface area contributed by atoms with Crippen molar-refractivity contribution in [1.29, 1.82) is 0 Å². The molecule has 0 unspecified atom stereocenters. The quantitative estimate of drug-likeness (QED) is 0.926. The fraction of sp³-hybridized carbons (Fsp3) is 0.200. The van der Waals surface area contributed by atoms with Crippen LogP contribution in [0.3, 0.4) is 0 Å². The van der Waals surface area contributed by atoms with Gasteiger partial charge < -0.3 is 10.1 Å². The van der Waals surface area contributed by atoms with Crippen LogP contribution >= 0.6 is 0 Å². The summed E-state index contributed by atoms with van der Waals surface area (Å²) in [5.41, 5.74) is 0. The second-order valence-electron chi connectivity index (χ2n) is 4.56. The van der Waals surface area contributed by atoms with E-state index in [1.165, 1.54) is 18.3 Å². The number of pyridine rings is 1. The van der Waals surface area contributed by atoms with E-state index < -0.39 is 5.82 Å². The van der Waals surface area contributed by atoms with Gasteiger partial charge in [-0.15, -0.1) is 0 Å². The van der Waals surface area contributed by atoms with E-state index in [0.717, 1.165) is 0 Å². The van der Waals surface area contributed by atoms with Crippen molar-refractivity contribution in [3.8, 4) is 11.5 Å². The third-order valence-electron chi connectivity index (χ3n) is 2.58. The van der Waals surface area contributed by atoms with Crippen molar-refractivity contribution in [3.05, 3.63) is 48.4 Å². The van der Waals surface area contributed by atoms with Crippen molar-refractivity contribution in [2.24, 2.45) is 5.92 Å². The van der Waals surface area contributed by atoms with Gasteiger partial charge in [0.1, 0.15) is 11.6 Å². The molecule has 104 valence electrons. The second-order valence-corrected chi connectivity index (χ2v) is 4.56. The van der Waals surface area contributed by atoms with Crippen LogP contribution in [0.2, 0.25) is 0 Å². The van der Waals surface area contributed by atoms with Crippen molar-refractivity contribution < 1.29 is 13.9 Å². The Morgan fingerprint density at radius 2 is 2.00 bits per heavy atom. The summed E-state index contributed by atoms with van der Waals surface area (Å²) in [6.45, 7) is 3.59. The van der Waals surface area contributed by atoms with Gasteiger partial charge in [-0.25, -0.2) is 9.37 Å². The number of hydrogen-bond acceptors (Lipinski definition) is 3. The summed E-state index contributed by atoms with van der Waals surface area (Å²) < 4.78 is 18.8. The van der Waals surface area contributed by atoms with Crippen LogP contribution in [-0.2, 0) is 4.79 Å². The maximum Gasteiger partial charge on any atom is 0.228 e. The molecule has 0 atom stereocenters. The van der Waals surface area contributed by atoms with Crippen LogP contribution in [-0.4, -0.2) is 10.9 Å². The Kier molecular flexibility index (Phi) is 4.30. The van der Waals surface area contributed by atoms with Crippen molar-refractivity contribution >= 4 is 11.7 Å². The first kappa shape index (κ1) is 14.0. The molecule has 0 saturated heterocycles. The first-order chi connectivity index (χ1) is 9.56. The number of benzene rings is 1. The summed E-state index contributed by atoms with van der Waals surface area (Å²) in [6, 6.07) is 9.35. The Bertz CT molecular complexity index is 597. The zero-order valence-corrected chi connectivity index (χ0v) is 11.3. The number of halogens is 1. The number of rotatable bonds is 4. The number of nitrogens with zero attached hydrogens (tertiary/aromatic N) is 1. The molecule has 1 heterocycles. The first-order valence-corrected chi connectivity index (χ1v) is 6.25. The van der Waals surface area contributed by atoms with Gasteiger partial charge in [0.25, 0.3) is 0 Å². The smallest absolute Gasteiger partial charge is 0.228 e. The van der Waals surface area contributed by atoms with Crippen LogP contribution in [0, 0.1) is 11.7 Å². The average Bonchev–Trinajstić information content (AvgIpc) is 2.43. The molecule has 5 heteroatoms. The van der Waals surface area contributed by atoms with Gasteiger partial charge in [-0.3, -0.25) is 4.79 Å². The van der Waals surface area contributed by atoms with Crippen LogP contribution in [0.5, 0.6) is 11.5 Å². The Morgan fingerprint density at radius 3 is 2.60 bits per heavy atom. The van der Waals surface area contributed by atoms with Crippen molar-refractivity contribution in [1.82, 2.24) is 4.98 Å². The lowest BCUT2D eigenvalue weighted by atomic mass is 10.2. The Morgan fingerprint density at radius 1 is 1.25 bits per heavy atom. The first-order valence-electron chi connectivity index (χ1n) is 6.25. The van der Waals surface area contributed by atoms with Gasteiger partial charge in [0.05, 0.1) is 6.20 Å². The number of nitrogens with one attached hydrogen (secondary N) is 1. The molecule has 0 aliphatic rings. The molecule has 0 spiro atoms. The van der Waals surface area contributed by atoms with Gasteiger partial charge in [-0.05, 0) is 24.3 Å². The minimum absolute atomic E-state index is 0.111. The number of carbonyl (C=O) groups is 1. The summed E-state index contributed by atoms with van der Waals surface area (Å²) >= 11 is 0. The van der Waals surface area contributed by atoms with E-state index in [1.54, 1.807) is 38.1 Å². The molecule has 0 bridgehead atoms. The highest BCUT2D eigenvalue weighted by Gasteiger charge is 2.08. The van der Waals surface area contributed by atoms with Gasteiger partial charge >= 0.3 is 0 Å². The topological polar surface area (TPSA) is 51.2 Å². The predicted molar refractivity (Wildman–Crippen MR) is 74.2 cm³/mol. The summed E-state index contributed by atoms with van der Waals surface area (Å²) in [7, 11) is 0. The molecule has 1 aromatic carbocycles. The Labute approximate surface area is 116 Å². The van der Waals surface area contributed by atoms with E-state index in [-0.39, 0.29) is 17.6 Å². The summed E-state index contributed by atoms with van der Waals surface area (Å²) in [5.74, 6) is 0.298. The van der Waals surface area contributed by atoms with Crippen LogP contribution in [0.25, 0.3) is 0 Å². The highest BCUT2D eigenvalue weighted by Crippen LogP contribution is 2.24. The molecule has 0 saturated carbocycles. The van der Waals surface area contributed by atoms with E-state index >= 15 is 0 Å². The maximum atomic E-state index is 13.4. The van der Waals surface area contributed by atoms with E-state index in [9.17, 15) is 9.18 Å². The van der Waals surface area contributed by atoms with Crippen molar-refractivity contribution in [2.75, 3.05) is 5.32 Å². The van der Waals surface area contributed by atoms with Crippen LogP contribution in [0.1, 0.15) is 13.8 Å². The average molecular weight is 274 g/mol. The molecule has 0 aliphatic carbocycles. The summed E-state index contributed by atoms with van der Waals surface area (Å²) in [5, 5.41) is 2.66. The predicted octanol–water partition coefficient (Wildman–Crippen LogP) is 3.61. The molecule has 2 aromatic rings. The van der Waals surface area contributed by atoms with E-state index in [1.807, 2.05) is 0 Å². The SMILES string of the molecule is CC(C)C(=O)Nc1ccc(Oc2ccccc2F)cn1. The standard InChI is InChI=1S/C15H15FN2O2/c1-10(2)15(19)18-14-8-7-11(9-17-14)20-13-6-4-3-5-12(13)16/h3-10H,1-2H3,(H,17,18,19). The lowest BCUT2D eigenvalue weighted by Crippen LogP contribution is -2.18. The second kappa shape index (κ2) is 6.14. The molecule has 0 fully saturated rings. The van der Waals surface area contributed by atoms with Gasteiger partial charge in [-0.2, -0.15) is 0 Å². The van der Waals surface area contributed by atoms with Crippen molar-refractivity contribution in [3.63, 3.8) is 0 Å². The molecule has 2 rings (SSSR count). The minimum Gasteiger partial charge on any atom is -0.453 e. The van der Waals surface area contributed by atoms with Crippen LogP contribution < -0.4 is 10.1 Å². The third kappa shape index (κ3) is 3.54. The molecule has 0 aliphatic heterocycles. The Balaban J connectivity index is 2.05. The highest BCUT2D eigenvalue weighted by atomic mass is 19.1. The molecule has 20 heavy (non-hydrogen) atoms. The monoisotopic (exact) mass is 274 g/mol. The summed E-state index contributed by atoms with van der Waals surface area (Å²) in [4.78, 5) is 15.5. The number of ether oxygens (including phenoxy) is 1. The number of aromatic nitrogens is 1. The van der Waals surface area contributed by atoms with Crippen molar-refractivity contribution in [2.45, 2.75) is 13.8 Å². The normalized spacial score (nSPS) is 10.4. The molecular formula is C15H15FN2O2. The van der Waals surface area contributed by atoms with E-state index in [4.69, 9.17) is 4.74 Å². The Hall–Kier alpha value is -2.43. The lowest BCUT2D eigenvalue weighted by Gasteiger charge is -2.09. The third-order valence-corrected chi connectivity index (χ3v) is 2.58. The van der Waals surface area contributed by atoms with E-state index in [2.05, 4.69) is 10.3 Å². The maximum absolute atomic E-state index is 13.4. The largest absolute Gasteiger partial charge is 0.453 e. The zero-order valence-electron chi connectivity index (χ0n) is 11.3. The fourth-order valence-corrected chi connectivity index (χ4v) is 1.44. The number of para-hydroxylation sites is 1. The number of hydrogen-bond donors (Lipinski definition) is 1. The van der Waals surface area contributed by atoms with Gasteiger partial charge in [0, 0.05) is 5.92 Å². The fourth-order valence-electron chi connectivity index (χ4n) is 1.44. The van der Waals surface area contributed by atoms with Crippen LogP contribution in [0.15, 0.2) is 42.6 Å². The number of anilines is 1. The number of carbonyl (C=O) groups excluding carboxylic acids is 1. The van der Waals surface area contributed by atoms with Gasteiger partial charge in [0.15, 0.2) is 11.6 Å². The molecular weight excluding hydrogens is 259 g/mol. The number of amides is 1. The molecule has 1 N–H and O–H groups in total. The van der Waals surface area contributed by atoms with E-state index in [0.29, 0.717) is 11.6 Å². The molecule has 0 radical (unpaired) electrons. The molecule has 4 nitrogen and oxygen atoms in total. The summed E-state index contributed by atoms with van der Waals surface area (Å²) in [6.07, 6.45) is 1.43. The molecule has 1 amide bonds. The lowest BCUT2D eigenvalue weighted by molar-refractivity contribution is -0.118.